The summed E-state index contributed by atoms with van der Waals surface area (Å²) < 4.78 is 1.62. The van der Waals surface area contributed by atoms with Crippen molar-refractivity contribution in [2.24, 2.45) is 5.73 Å². The first kappa shape index (κ1) is 10.7. The van der Waals surface area contributed by atoms with Gasteiger partial charge in [0.15, 0.2) is 6.29 Å². The van der Waals surface area contributed by atoms with Gasteiger partial charge in [0.2, 0.25) is 5.91 Å². The second-order valence-corrected chi connectivity index (χ2v) is 3.89. The summed E-state index contributed by atoms with van der Waals surface area (Å²) in [6.45, 7) is 0.0324. The average molecular weight is 237 g/mol. The number of carbonyl (C=O) groups excluding carboxylic acids is 2. The molecule has 0 aliphatic carbocycles. The molecule has 1 heterocycles. The number of nitrogens with zero attached hydrogens (tertiary/aromatic N) is 1. The molecular formula is C11H9ClN2O2. The van der Waals surface area contributed by atoms with Gasteiger partial charge in [-0.05, 0) is 12.1 Å². The number of rotatable bonds is 3. The van der Waals surface area contributed by atoms with Gasteiger partial charge in [-0.3, -0.25) is 9.59 Å². The molecule has 0 aliphatic rings. The normalized spacial score (nSPS) is 10.6. The Hall–Kier alpha value is -1.81. The van der Waals surface area contributed by atoms with E-state index >= 15 is 0 Å². The third kappa shape index (κ3) is 1.79. The Morgan fingerprint density at radius 1 is 1.50 bits per heavy atom. The minimum atomic E-state index is -0.464. The maximum Gasteiger partial charge on any atom is 0.237 e. The van der Waals surface area contributed by atoms with E-state index in [4.69, 9.17) is 17.3 Å². The van der Waals surface area contributed by atoms with Gasteiger partial charge in [-0.1, -0.05) is 17.7 Å². The number of halogens is 1. The molecule has 0 radical (unpaired) electrons. The number of benzene rings is 1. The fourth-order valence-corrected chi connectivity index (χ4v) is 1.85. The van der Waals surface area contributed by atoms with Crippen molar-refractivity contribution >= 4 is 34.7 Å². The van der Waals surface area contributed by atoms with Crippen molar-refractivity contribution in [1.29, 1.82) is 0 Å². The highest BCUT2D eigenvalue weighted by Crippen LogP contribution is 2.23. The van der Waals surface area contributed by atoms with Gasteiger partial charge in [0.05, 0.1) is 5.52 Å². The zero-order chi connectivity index (χ0) is 11.7. The van der Waals surface area contributed by atoms with E-state index in [0.29, 0.717) is 10.6 Å². The van der Waals surface area contributed by atoms with Crippen LogP contribution in [-0.4, -0.2) is 16.8 Å². The van der Waals surface area contributed by atoms with E-state index < -0.39 is 5.91 Å². The van der Waals surface area contributed by atoms with Crippen LogP contribution in [0.5, 0.6) is 0 Å². The molecule has 1 amide bonds. The first-order chi connectivity index (χ1) is 7.61. The molecule has 2 aromatic rings. The molecule has 0 spiro atoms. The van der Waals surface area contributed by atoms with Crippen LogP contribution in [0.15, 0.2) is 24.4 Å². The third-order valence-corrected chi connectivity index (χ3v) is 2.56. The Balaban J connectivity index is 2.68. The molecule has 0 saturated heterocycles. The lowest BCUT2D eigenvalue weighted by molar-refractivity contribution is -0.118. The second kappa shape index (κ2) is 3.98. The molecular weight excluding hydrogens is 228 g/mol. The van der Waals surface area contributed by atoms with Crippen LogP contribution in [0, 0.1) is 0 Å². The Kier molecular flexibility index (Phi) is 2.66. The molecule has 16 heavy (non-hydrogen) atoms. The maximum atomic E-state index is 10.9. The van der Waals surface area contributed by atoms with E-state index in [1.165, 1.54) is 0 Å². The molecule has 2 rings (SSSR count). The summed E-state index contributed by atoms with van der Waals surface area (Å²) in [7, 11) is 0. The van der Waals surface area contributed by atoms with E-state index in [-0.39, 0.29) is 6.54 Å². The smallest absolute Gasteiger partial charge is 0.237 e. The lowest BCUT2D eigenvalue weighted by atomic mass is 10.2. The number of primary amides is 1. The molecule has 1 aromatic heterocycles. The summed E-state index contributed by atoms with van der Waals surface area (Å²) in [5.41, 5.74) is 6.37. The summed E-state index contributed by atoms with van der Waals surface area (Å²) in [6, 6.07) is 5.15. The van der Waals surface area contributed by atoms with Gasteiger partial charge in [-0.15, -0.1) is 0 Å². The standard InChI is InChI=1S/C11H9ClN2O2/c12-8-1-2-9-7(6-15)4-14(5-11(13)16)10(9)3-8/h1-4,6H,5H2,(H2,13,16). The molecule has 0 bridgehead atoms. The summed E-state index contributed by atoms with van der Waals surface area (Å²) in [6.07, 6.45) is 2.34. The molecule has 5 heteroatoms. The quantitative estimate of drug-likeness (QED) is 0.823. The summed E-state index contributed by atoms with van der Waals surface area (Å²) in [5, 5.41) is 1.31. The Morgan fingerprint density at radius 3 is 2.88 bits per heavy atom. The number of hydrogen-bond donors (Lipinski definition) is 1. The van der Waals surface area contributed by atoms with Gasteiger partial charge >= 0.3 is 0 Å². The third-order valence-electron chi connectivity index (χ3n) is 2.33. The van der Waals surface area contributed by atoms with Gasteiger partial charge < -0.3 is 10.3 Å². The highest BCUT2D eigenvalue weighted by Gasteiger charge is 2.09. The molecule has 0 fully saturated rings. The highest BCUT2D eigenvalue weighted by atomic mass is 35.5. The van der Waals surface area contributed by atoms with Crippen LogP contribution in [0.4, 0.5) is 0 Å². The number of hydrogen-bond acceptors (Lipinski definition) is 2. The van der Waals surface area contributed by atoms with E-state index in [1.54, 1.807) is 29.0 Å². The topological polar surface area (TPSA) is 65.1 Å². The molecule has 0 atom stereocenters. The lowest BCUT2D eigenvalue weighted by Gasteiger charge is -2.01. The van der Waals surface area contributed by atoms with Crippen molar-refractivity contribution in [3.63, 3.8) is 0 Å². The first-order valence-electron chi connectivity index (χ1n) is 4.63. The number of nitrogens with two attached hydrogens (primary N) is 1. The van der Waals surface area contributed by atoms with Gasteiger partial charge in [-0.25, -0.2) is 0 Å². The number of amides is 1. The minimum absolute atomic E-state index is 0.0324. The van der Waals surface area contributed by atoms with Gasteiger partial charge in [-0.2, -0.15) is 0 Å². The van der Waals surface area contributed by atoms with Crippen LogP contribution in [0.2, 0.25) is 5.02 Å². The van der Waals surface area contributed by atoms with Crippen molar-refractivity contribution in [2.45, 2.75) is 6.54 Å². The molecule has 1 aromatic carbocycles. The predicted molar refractivity (Wildman–Crippen MR) is 61.5 cm³/mol. The molecule has 0 aliphatic heterocycles. The van der Waals surface area contributed by atoms with E-state index in [1.807, 2.05) is 0 Å². The van der Waals surface area contributed by atoms with Crippen LogP contribution in [0.3, 0.4) is 0 Å². The van der Waals surface area contributed by atoms with Gasteiger partial charge in [0, 0.05) is 22.2 Å². The fraction of sp³-hybridized carbons (Fsp3) is 0.0909. The fourth-order valence-electron chi connectivity index (χ4n) is 1.69. The van der Waals surface area contributed by atoms with Crippen molar-refractivity contribution in [3.8, 4) is 0 Å². The lowest BCUT2D eigenvalue weighted by Crippen LogP contribution is -2.17. The summed E-state index contributed by atoms with van der Waals surface area (Å²) >= 11 is 5.86. The number of aldehydes is 1. The van der Waals surface area contributed by atoms with Crippen LogP contribution in [-0.2, 0) is 11.3 Å². The van der Waals surface area contributed by atoms with Crippen LogP contribution >= 0.6 is 11.6 Å². The maximum absolute atomic E-state index is 10.9. The van der Waals surface area contributed by atoms with Crippen molar-refractivity contribution in [3.05, 3.63) is 35.0 Å². The molecule has 0 saturated carbocycles. The SMILES string of the molecule is NC(=O)Cn1cc(C=O)c2ccc(Cl)cc21. The van der Waals surface area contributed by atoms with E-state index in [2.05, 4.69) is 0 Å². The average Bonchev–Trinajstić information content (AvgIpc) is 2.55. The van der Waals surface area contributed by atoms with Crippen LogP contribution in [0.25, 0.3) is 10.9 Å². The molecule has 0 unspecified atom stereocenters. The van der Waals surface area contributed by atoms with E-state index in [9.17, 15) is 9.59 Å². The first-order valence-corrected chi connectivity index (χ1v) is 5.01. The Morgan fingerprint density at radius 2 is 2.25 bits per heavy atom. The van der Waals surface area contributed by atoms with Gasteiger partial charge in [0.1, 0.15) is 6.54 Å². The van der Waals surface area contributed by atoms with Crippen molar-refractivity contribution < 1.29 is 9.59 Å². The zero-order valence-electron chi connectivity index (χ0n) is 8.31. The summed E-state index contributed by atoms with van der Waals surface area (Å²) in [5.74, 6) is -0.464. The molecule has 2 N–H and O–H groups in total. The Labute approximate surface area is 96.6 Å². The van der Waals surface area contributed by atoms with E-state index in [0.717, 1.165) is 17.2 Å². The monoisotopic (exact) mass is 236 g/mol. The molecule has 82 valence electrons. The number of fused-ring (bicyclic) bond motifs is 1. The van der Waals surface area contributed by atoms with Crippen LogP contribution < -0.4 is 5.73 Å². The minimum Gasteiger partial charge on any atom is -0.368 e. The Bertz CT molecular complexity index is 575. The zero-order valence-corrected chi connectivity index (χ0v) is 9.07. The second-order valence-electron chi connectivity index (χ2n) is 3.46. The predicted octanol–water partition coefficient (Wildman–Crippen LogP) is 1.59. The molecule has 4 nitrogen and oxygen atoms in total. The number of aromatic nitrogens is 1. The highest BCUT2D eigenvalue weighted by molar-refractivity contribution is 6.31. The largest absolute Gasteiger partial charge is 0.368 e. The van der Waals surface area contributed by atoms with Crippen LogP contribution in [0.1, 0.15) is 10.4 Å². The number of carbonyl (C=O) groups is 2. The van der Waals surface area contributed by atoms with Gasteiger partial charge in [0.25, 0.3) is 0 Å². The van der Waals surface area contributed by atoms with Crippen molar-refractivity contribution in [2.75, 3.05) is 0 Å². The van der Waals surface area contributed by atoms with Crippen molar-refractivity contribution in [1.82, 2.24) is 4.57 Å². The summed E-state index contributed by atoms with van der Waals surface area (Å²) in [4.78, 5) is 21.7.